The summed E-state index contributed by atoms with van der Waals surface area (Å²) in [7, 11) is 1.61. The first-order valence-electron chi connectivity index (χ1n) is 8.37. The number of terminal acetylenes is 1. The summed E-state index contributed by atoms with van der Waals surface area (Å²) in [5.41, 5.74) is 8.94. The highest BCUT2D eigenvalue weighted by Crippen LogP contribution is 2.25. The van der Waals surface area contributed by atoms with Gasteiger partial charge in [-0.2, -0.15) is 0 Å². The van der Waals surface area contributed by atoms with Crippen LogP contribution < -0.4 is 15.8 Å². The predicted octanol–water partition coefficient (Wildman–Crippen LogP) is 3.33. The maximum absolute atomic E-state index is 6.02. The Morgan fingerprint density at radius 2 is 2.19 bits per heavy atom. The topological polar surface area (TPSA) is 82.5 Å². The maximum atomic E-state index is 6.02. The highest BCUT2D eigenvalue weighted by atomic mass is 16.5. The van der Waals surface area contributed by atoms with E-state index in [1.165, 1.54) is 0 Å². The molecule has 6 heteroatoms. The Morgan fingerprint density at radius 3 is 2.93 bits per heavy atom. The molecule has 138 valence electrons. The molecule has 2 aromatic heterocycles. The molecular formula is C21H21N3O3. The van der Waals surface area contributed by atoms with E-state index in [9.17, 15) is 0 Å². The van der Waals surface area contributed by atoms with Gasteiger partial charge in [0.15, 0.2) is 0 Å². The number of nitrogens with one attached hydrogen (secondary N) is 1. The van der Waals surface area contributed by atoms with E-state index in [4.69, 9.17) is 26.0 Å². The summed E-state index contributed by atoms with van der Waals surface area (Å²) >= 11 is 0. The number of ether oxygens (including phenoxy) is 2. The number of nitrogen functional groups attached to an aromatic ring is 1. The Kier molecular flexibility index (Phi) is 5.64. The number of fused-ring (bicyclic) bond motifs is 1. The lowest BCUT2D eigenvalue weighted by Gasteiger charge is -2.11. The van der Waals surface area contributed by atoms with Crippen molar-refractivity contribution in [2.75, 3.05) is 19.5 Å². The molecule has 0 bridgehead atoms. The van der Waals surface area contributed by atoms with E-state index >= 15 is 0 Å². The average Bonchev–Trinajstić information content (AvgIpc) is 3.07. The van der Waals surface area contributed by atoms with Gasteiger partial charge in [-0.25, -0.2) is 4.98 Å². The lowest BCUT2D eigenvalue weighted by atomic mass is 10.2. The summed E-state index contributed by atoms with van der Waals surface area (Å²) < 4.78 is 16.3. The first-order valence-corrected chi connectivity index (χ1v) is 8.37. The van der Waals surface area contributed by atoms with Gasteiger partial charge in [-0.05, 0) is 30.3 Å². The van der Waals surface area contributed by atoms with Crippen LogP contribution in [0.1, 0.15) is 17.0 Å². The monoisotopic (exact) mass is 363 g/mol. The Balaban J connectivity index is 1.67. The fourth-order valence-corrected chi connectivity index (χ4v) is 2.66. The largest absolute Gasteiger partial charge is 0.481 e. The van der Waals surface area contributed by atoms with Gasteiger partial charge in [0.1, 0.15) is 29.5 Å². The molecule has 0 atom stereocenters. The molecule has 0 unspecified atom stereocenters. The molecule has 6 nitrogen and oxygen atoms in total. The number of rotatable bonds is 8. The van der Waals surface area contributed by atoms with Crippen molar-refractivity contribution in [3.8, 4) is 18.1 Å². The molecule has 0 aliphatic rings. The lowest BCUT2D eigenvalue weighted by Crippen LogP contribution is -2.12. The van der Waals surface area contributed by atoms with Crippen LogP contribution in [-0.4, -0.2) is 18.7 Å². The number of benzene rings is 1. The number of anilines is 1. The zero-order valence-electron chi connectivity index (χ0n) is 15.1. The van der Waals surface area contributed by atoms with E-state index in [1.54, 1.807) is 7.11 Å². The van der Waals surface area contributed by atoms with Gasteiger partial charge in [0, 0.05) is 29.8 Å². The summed E-state index contributed by atoms with van der Waals surface area (Å²) in [6, 6.07) is 11.3. The highest BCUT2D eigenvalue weighted by Gasteiger charge is 2.09. The summed E-state index contributed by atoms with van der Waals surface area (Å²) in [4.78, 5) is 4.31. The molecule has 3 N–H and O–H groups in total. The third-order valence-corrected chi connectivity index (χ3v) is 3.94. The molecule has 2 heterocycles. The van der Waals surface area contributed by atoms with Gasteiger partial charge in [0.2, 0.25) is 0 Å². The second-order valence-electron chi connectivity index (χ2n) is 5.91. The van der Waals surface area contributed by atoms with Crippen molar-refractivity contribution in [2.45, 2.75) is 13.2 Å². The molecule has 0 fully saturated rings. The molecule has 0 spiro atoms. The van der Waals surface area contributed by atoms with Gasteiger partial charge in [-0.15, -0.1) is 6.42 Å². The summed E-state index contributed by atoms with van der Waals surface area (Å²) in [6.45, 7) is 5.14. The molecule has 0 saturated heterocycles. The number of nitrogens with two attached hydrogens (primary N) is 1. The highest BCUT2D eigenvalue weighted by molar-refractivity contribution is 5.79. The number of pyridine rings is 1. The van der Waals surface area contributed by atoms with Gasteiger partial charge >= 0.3 is 0 Å². The Labute approximate surface area is 158 Å². The fraction of sp³-hybridized carbons (Fsp3) is 0.190. The SMILES string of the molecule is C#CCOc1ccc2cc(CNC(=C)c3ccc(COC)nc3N)oc2c1. The first kappa shape index (κ1) is 18.4. The number of methoxy groups -OCH3 is 1. The van der Waals surface area contributed by atoms with E-state index in [-0.39, 0.29) is 6.61 Å². The minimum Gasteiger partial charge on any atom is -0.481 e. The minimum atomic E-state index is 0.221. The molecule has 27 heavy (non-hydrogen) atoms. The van der Waals surface area contributed by atoms with Crippen molar-refractivity contribution in [1.82, 2.24) is 10.3 Å². The fourth-order valence-electron chi connectivity index (χ4n) is 2.66. The van der Waals surface area contributed by atoms with Crippen LogP contribution >= 0.6 is 0 Å². The van der Waals surface area contributed by atoms with Crippen molar-refractivity contribution >= 4 is 22.5 Å². The van der Waals surface area contributed by atoms with Gasteiger partial charge in [-0.3, -0.25) is 0 Å². The quantitative estimate of drug-likeness (QED) is 0.598. The summed E-state index contributed by atoms with van der Waals surface area (Å²) in [6.07, 6.45) is 5.21. The smallest absolute Gasteiger partial charge is 0.148 e. The maximum Gasteiger partial charge on any atom is 0.148 e. The van der Waals surface area contributed by atoms with E-state index in [1.807, 2.05) is 36.4 Å². The van der Waals surface area contributed by atoms with E-state index < -0.39 is 0 Å². The van der Waals surface area contributed by atoms with E-state index in [2.05, 4.69) is 22.8 Å². The zero-order chi connectivity index (χ0) is 19.2. The Hall–Kier alpha value is -3.43. The number of aromatic nitrogens is 1. The molecule has 0 amide bonds. The van der Waals surface area contributed by atoms with Crippen molar-refractivity contribution in [2.24, 2.45) is 0 Å². The third-order valence-electron chi connectivity index (χ3n) is 3.94. The predicted molar refractivity (Wildman–Crippen MR) is 106 cm³/mol. The Morgan fingerprint density at radius 1 is 1.33 bits per heavy atom. The minimum absolute atomic E-state index is 0.221. The summed E-state index contributed by atoms with van der Waals surface area (Å²) in [5, 5.41) is 4.20. The van der Waals surface area contributed by atoms with Gasteiger partial charge < -0.3 is 24.9 Å². The first-order chi connectivity index (χ1) is 13.1. The molecule has 0 saturated carbocycles. The van der Waals surface area contributed by atoms with Crippen molar-refractivity contribution in [3.63, 3.8) is 0 Å². The molecule has 0 radical (unpaired) electrons. The lowest BCUT2D eigenvalue weighted by molar-refractivity contribution is 0.181. The molecule has 0 aliphatic carbocycles. The zero-order valence-corrected chi connectivity index (χ0v) is 15.1. The van der Waals surface area contributed by atoms with Crippen LogP contribution in [0.25, 0.3) is 16.7 Å². The number of furan rings is 1. The summed E-state index contributed by atoms with van der Waals surface area (Å²) in [5.74, 6) is 4.28. The Bertz CT molecular complexity index is 1000. The van der Waals surface area contributed by atoms with Crippen LogP contribution in [0.5, 0.6) is 5.75 Å². The molecule has 3 rings (SSSR count). The van der Waals surface area contributed by atoms with Crippen LogP contribution in [0.15, 0.2) is 47.4 Å². The molecular weight excluding hydrogens is 342 g/mol. The van der Waals surface area contributed by atoms with Crippen LogP contribution in [-0.2, 0) is 17.9 Å². The van der Waals surface area contributed by atoms with E-state index in [0.717, 1.165) is 28.0 Å². The normalized spacial score (nSPS) is 10.5. The van der Waals surface area contributed by atoms with Crippen molar-refractivity contribution < 1.29 is 13.9 Å². The average molecular weight is 363 g/mol. The van der Waals surface area contributed by atoms with Crippen LogP contribution in [0, 0.1) is 12.3 Å². The molecule has 1 aromatic carbocycles. The van der Waals surface area contributed by atoms with E-state index in [0.29, 0.717) is 30.4 Å². The molecule has 3 aromatic rings. The van der Waals surface area contributed by atoms with Crippen molar-refractivity contribution in [1.29, 1.82) is 0 Å². The van der Waals surface area contributed by atoms with Crippen LogP contribution in [0.3, 0.4) is 0 Å². The van der Waals surface area contributed by atoms with Crippen LogP contribution in [0.4, 0.5) is 5.82 Å². The second-order valence-corrected chi connectivity index (χ2v) is 5.91. The number of nitrogens with zero attached hydrogens (tertiary/aromatic N) is 1. The van der Waals surface area contributed by atoms with Crippen LogP contribution in [0.2, 0.25) is 0 Å². The third kappa shape index (κ3) is 4.40. The van der Waals surface area contributed by atoms with Gasteiger partial charge in [0.25, 0.3) is 0 Å². The standard InChI is InChI=1S/C21H21N3O3/c1-4-9-26-17-7-5-15-10-18(27-20(15)11-17)12-23-14(2)19-8-6-16(13-25-3)24-21(19)22/h1,5-8,10-11,23H,2,9,12-13H2,3H3,(H2,22,24). The second kappa shape index (κ2) is 8.30. The number of hydrogen-bond donors (Lipinski definition) is 2. The van der Waals surface area contributed by atoms with Crippen molar-refractivity contribution in [3.05, 3.63) is 60.0 Å². The van der Waals surface area contributed by atoms with Gasteiger partial charge in [0.05, 0.1) is 18.8 Å². The molecule has 0 aliphatic heterocycles. The van der Waals surface area contributed by atoms with Gasteiger partial charge in [-0.1, -0.05) is 12.5 Å². The number of hydrogen-bond acceptors (Lipinski definition) is 6.